The summed E-state index contributed by atoms with van der Waals surface area (Å²) in [4.78, 5) is 44.7. The van der Waals surface area contributed by atoms with Crippen LogP contribution in [0.25, 0.3) is 22.3 Å². The second kappa shape index (κ2) is 20.1. The summed E-state index contributed by atoms with van der Waals surface area (Å²) in [6.07, 6.45) is -7.23. The fourth-order valence-corrected chi connectivity index (χ4v) is 6.38. The Hall–Kier alpha value is -6.24. The van der Waals surface area contributed by atoms with E-state index in [4.69, 9.17) is 34.4 Å². The standard InChI is InChI=1S/C30H32F3N9O.3C2HF3O2/c31-30(32,33)25-11-19(13-36-21-1-2-21)12-26(40-25)43-23-5-3-22(4-6-23)41-16-29(17-41,8-9-34)42-15-20(14-39-42)27-24-7-10-35-28(24)38-18-37-27;3*3-2(4,5)1(6)7/h7,10-12,14-15,18,21-23,36H,1-6,8,13,16-17H2,(H,35,37,38);3*(H,6,7). The number of nitrogens with zero attached hydrogens (tertiary/aromatic N) is 7. The number of likely N-dealkylation sites (tertiary alicyclic amines) is 1. The van der Waals surface area contributed by atoms with Crippen LogP contribution in [-0.4, -0.2) is 118 Å². The molecule has 4 aromatic heterocycles. The fourth-order valence-electron chi connectivity index (χ4n) is 6.38. The predicted octanol–water partition coefficient (Wildman–Crippen LogP) is 6.70. The molecule has 0 spiro atoms. The van der Waals surface area contributed by atoms with E-state index in [2.05, 4.69) is 41.3 Å². The Kier molecular flexibility index (Phi) is 15.8. The van der Waals surface area contributed by atoms with Gasteiger partial charge in [0.25, 0.3) is 0 Å². The van der Waals surface area contributed by atoms with Crippen molar-refractivity contribution in [1.82, 2.24) is 39.9 Å². The van der Waals surface area contributed by atoms with E-state index in [1.165, 1.54) is 6.33 Å². The molecule has 16 nitrogen and oxygen atoms in total. The Morgan fingerprint density at radius 3 is 1.92 bits per heavy atom. The molecule has 0 aromatic carbocycles. The van der Waals surface area contributed by atoms with Gasteiger partial charge in [-0.2, -0.15) is 63.0 Å². The quantitative estimate of drug-likeness (QED) is 0.110. The number of aromatic amines is 1. The number of hydrogen-bond acceptors (Lipinski definition) is 11. The van der Waals surface area contributed by atoms with E-state index in [1.54, 1.807) is 12.3 Å². The highest BCUT2D eigenvalue weighted by molar-refractivity contribution is 5.90. The molecular formula is C36H35F12N9O7. The first-order valence-electron chi connectivity index (χ1n) is 18.5. The number of halogens is 12. The van der Waals surface area contributed by atoms with Crippen LogP contribution in [-0.2, 0) is 32.6 Å². The van der Waals surface area contributed by atoms with Crippen molar-refractivity contribution in [3.8, 4) is 23.2 Å². The van der Waals surface area contributed by atoms with Crippen molar-refractivity contribution in [2.24, 2.45) is 0 Å². The van der Waals surface area contributed by atoms with Crippen LogP contribution in [0.2, 0.25) is 0 Å². The van der Waals surface area contributed by atoms with E-state index in [0.717, 1.165) is 66.9 Å². The zero-order valence-electron chi connectivity index (χ0n) is 32.5. The number of H-pyrrole nitrogens is 1. The zero-order chi connectivity index (χ0) is 47.8. The van der Waals surface area contributed by atoms with Gasteiger partial charge in [0.2, 0.25) is 5.88 Å². The van der Waals surface area contributed by atoms with Crippen molar-refractivity contribution in [2.45, 2.75) is 99.9 Å². The van der Waals surface area contributed by atoms with Crippen LogP contribution in [0.3, 0.4) is 0 Å². The van der Waals surface area contributed by atoms with Crippen molar-refractivity contribution in [3.05, 3.63) is 54.4 Å². The lowest BCUT2D eigenvalue weighted by Crippen LogP contribution is -2.65. The van der Waals surface area contributed by atoms with Gasteiger partial charge < -0.3 is 30.4 Å². The molecule has 0 atom stereocenters. The third-order valence-corrected chi connectivity index (χ3v) is 9.60. The first-order valence-corrected chi connectivity index (χ1v) is 18.5. The molecule has 5 heterocycles. The normalized spacial score (nSPS) is 18.7. The van der Waals surface area contributed by atoms with Crippen LogP contribution in [0.15, 0.2) is 43.1 Å². The lowest BCUT2D eigenvalue weighted by molar-refractivity contribution is -0.193. The molecule has 3 fully saturated rings. The smallest absolute Gasteiger partial charge is 0.475 e. The highest BCUT2D eigenvalue weighted by Gasteiger charge is 2.48. The van der Waals surface area contributed by atoms with Gasteiger partial charge in [0.05, 0.1) is 24.4 Å². The molecule has 1 aliphatic heterocycles. The van der Waals surface area contributed by atoms with Crippen molar-refractivity contribution in [1.29, 1.82) is 5.26 Å². The molecule has 4 aromatic rings. The number of fused-ring (bicyclic) bond motifs is 1. The Labute approximate surface area is 351 Å². The number of alkyl halides is 12. The molecule has 1 saturated heterocycles. The molecule has 2 aliphatic carbocycles. The Bertz CT molecular complexity index is 2210. The first-order chi connectivity index (χ1) is 29.6. The van der Waals surface area contributed by atoms with Crippen molar-refractivity contribution in [3.63, 3.8) is 0 Å². The Balaban J connectivity index is 0.000000355. The van der Waals surface area contributed by atoms with Crippen LogP contribution in [0.5, 0.6) is 5.88 Å². The van der Waals surface area contributed by atoms with Gasteiger partial charge in [-0.05, 0) is 56.2 Å². The van der Waals surface area contributed by atoms with E-state index in [-0.39, 0.29) is 12.0 Å². The molecular weight excluding hydrogens is 898 g/mol. The molecule has 3 aliphatic rings. The van der Waals surface area contributed by atoms with Crippen molar-refractivity contribution in [2.75, 3.05) is 13.1 Å². The van der Waals surface area contributed by atoms with E-state index in [1.807, 2.05) is 23.1 Å². The summed E-state index contributed by atoms with van der Waals surface area (Å²) < 4.78 is 144. The molecule has 0 bridgehead atoms. The second-order valence-corrected chi connectivity index (χ2v) is 14.4. The summed E-state index contributed by atoms with van der Waals surface area (Å²) in [5.41, 5.74) is 1.62. The first kappa shape index (κ1) is 50.4. The maximum atomic E-state index is 13.5. The minimum Gasteiger partial charge on any atom is -0.475 e. The van der Waals surface area contributed by atoms with Crippen LogP contribution < -0.4 is 10.1 Å². The number of carbonyl (C=O) groups is 3. The van der Waals surface area contributed by atoms with Gasteiger partial charge >= 0.3 is 42.6 Å². The van der Waals surface area contributed by atoms with E-state index in [9.17, 15) is 57.9 Å². The second-order valence-electron chi connectivity index (χ2n) is 14.4. The summed E-state index contributed by atoms with van der Waals surface area (Å²) in [5.74, 6) is -8.23. The average molecular weight is 934 g/mol. The van der Waals surface area contributed by atoms with Crippen LogP contribution in [0.1, 0.15) is 56.2 Å². The average Bonchev–Trinajstić information content (AvgIpc) is 3.64. The third-order valence-electron chi connectivity index (χ3n) is 9.60. The molecule has 0 amide bonds. The highest BCUT2D eigenvalue weighted by atomic mass is 19.4. The fraction of sp³-hybridized carbons (Fsp3) is 0.500. The molecule has 0 radical (unpaired) electrons. The molecule has 28 heteroatoms. The zero-order valence-corrected chi connectivity index (χ0v) is 32.5. The summed E-state index contributed by atoms with van der Waals surface area (Å²) in [5, 5.41) is 39.9. The molecule has 64 heavy (non-hydrogen) atoms. The molecule has 350 valence electrons. The summed E-state index contributed by atoms with van der Waals surface area (Å²) >= 11 is 0. The number of nitriles is 1. The number of rotatable bonds is 9. The minimum atomic E-state index is -5.08. The van der Waals surface area contributed by atoms with Gasteiger partial charge in [0.15, 0.2) is 0 Å². The molecule has 7 rings (SSSR count). The predicted molar refractivity (Wildman–Crippen MR) is 192 cm³/mol. The van der Waals surface area contributed by atoms with Gasteiger partial charge in [-0.25, -0.2) is 29.3 Å². The summed E-state index contributed by atoms with van der Waals surface area (Å²) in [6.45, 7) is 1.77. The Morgan fingerprint density at radius 2 is 1.42 bits per heavy atom. The molecule has 5 N–H and O–H groups in total. The number of nitrogens with one attached hydrogen (secondary N) is 2. The maximum Gasteiger partial charge on any atom is 0.490 e. The maximum absolute atomic E-state index is 13.5. The Morgan fingerprint density at radius 1 is 0.859 bits per heavy atom. The number of pyridine rings is 1. The number of carboxylic acid groups (broad SMARTS) is 3. The van der Waals surface area contributed by atoms with Crippen LogP contribution >= 0.6 is 0 Å². The third kappa shape index (κ3) is 14.1. The molecule has 2 saturated carbocycles. The van der Waals surface area contributed by atoms with E-state index < -0.39 is 53.8 Å². The van der Waals surface area contributed by atoms with Gasteiger partial charge in [-0.15, -0.1) is 0 Å². The summed E-state index contributed by atoms with van der Waals surface area (Å²) in [6, 6.07) is 7.72. The van der Waals surface area contributed by atoms with Crippen molar-refractivity contribution >= 4 is 28.9 Å². The van der Waals surface area contributed by atoms with Gasteiger partial charge in [0, 0.05) is 61.1 Å². The van der Waals surface area contributed by atoms with Crippen LogP contribution in [0.4, 0.5) is 52.7 Å². The van der Waals surface area contributed by atoms with Gasteiger partial charge in [0.1, 0.15) is 29.3 Å². The van der Waals surface area contributed by atoms with Crippen molar-refractivity contribution < 1.29 is 87.1 Å². The van der Waals surface area contributed by atoms with E-state index in [0.29, 0.717) is 43.7 Å². The number of hydrogen-bond donors (Lipinski definition) is 5. The SMILES string of the molecule is N#CCC1(n2cc(-c3ncnc4[nH]ccc34)cn2)CN(C2CCC(Oc3cc(CNC4CC4)cc(C(F)(F)F)n3)CC2)C1.O=C(O)C(F)(F)F.O=C(O)C(F)(F)F.O=C(O)C(F)(F)F. The number of ether oxygens (including phenoxy) is 1. The lowest BCUT2D eigenvalue weighted by Gasteiger charge is -2.53. The number of aromatic nitrogens is 6. The van der Waals surface area contributed by atoms with Gasteiger partial charge in [-0.1, -0.05) is 0 Å². The monoisotopic (exact) mass is 933 g/mol. The number of carboxylic acids is 3. The number of aliphatic carboxylic acids is 3. The molecule has 0 unspecified atom stereocenters. The topological polar surface area (TPSA) is 232 Å². The summed E-state index contributed by atoms with van der Waals surface area (Å²) in [7, 11) is 0. The minimum absolute atomic E-state index is 0.0398. The van der Waals surface area contributed by atoms with Crippen LogP contribution in [0, 0.1) is 11.3 Å². The highest BCUT2D eigenvalue weighted by Crippen LogP contribution is 2.39. The largest absolute Gasteiger partial charge is 0.490 e. The lowest BCUT2D eigenvalue weighted by atomic mass is 9.82. The van der Waals surface area contributed by atoms with E-state index >= 15 is 0 Å². The van der Waals surface area contributed by atoms with Gasteiger partial charge in [-0.3, -0.25) is 9.58 Å².